The zero-order valence-electron chi connectivity index (χ0n) is 8.83. The van der Waals surface area contributed by atoms with Crippen LogP contribution >= 0.6 is 0 Å². The number of nitrogens with two attached hydrogens (primary N) is 1. The summed E-state index contributed by atoms with van der Waals surface area (Å²) < 4.78 is 0. The van der Waals surface area contributed by atoms with Crippen LogP contribution in [0.3, 0.4) is 0 Å². The number of anilines is 1. The van der Waals surface area contributed by atoms with Gasteiger partial charge in [0.2, 0.25) is 0 Å². The average molecular weight is 194 g/mol. The molecule has 3 N–H and O–H groups in total. The quantitative estimate of drug-likeness (QED) is 0.767. The predicted molar refractivity (Wildman–Crippen MR) is 57.9 cm³/mol. The highest BCUT2D eigenvalue weighted by molar-refractivity contribution is 5.39. The lowest BCUT2D eigenvalue weighted by atomic mass is 9.90. The van der Waals surface area contributed by atoms with Gasteiger partial charge in [0.1, 0.15) is 5.82 Å². The van der Waals surface area contributed by atoms with Crippen LogP contribution in [-0.4, -0.2) is 15.7 Å². The van der Waals surface area contributed by atoms with Crippen molar-refractivity contribution in [3.63, 3.8) is 0 Å². The monoisotopic (exact) mass is 194 g/mol. The summed E-state index contributed by atoms with van der Waals surface area (Å²) in [6.45, 7) is 3.96. The van der Waals surface area contributed by atoms with Crippen LogP contribution in [0.5, 0.6) is 0 Å². The number of nitrogen functional groups attached to an aromatic ring is 1. The fraction of sp³-hybridized carbons (Fsp3) is 0.545. The first-order chi connectivity index (χ1) is 6.61. The Hall–Kier alpha value is -1.09. The minimum atomic E-state index is -0.642. The molecule has 14 heavy (non-hydrogen) atoms. The summed E-state index contributed by atoms with van der Waals surface area (Å²) in [6, 6.07) is 3.76. The van der Waals surface area contributed by atoms with Crippen LogP contribution in [0.1, 0.15) is 32.3 Å². The standard InChI is InChI=1S/C11H18N2O/c1-3-11(14,4-2)8-9-6-5-7-13-10(9)12/h5-7,14H,3-4,8H2,1-2H3,(H2,12,13). The highest BCUT2D eigenvalue weighted by atomic mass is 16.3. The van der Waals surface area contributed by atoms with Crippen molar-refractivity contribution in [3.05, 3.63) is 23.9 Å². The Morgan fingerprint density at radius 2 is 2.07 bits per heavy atom. The molecule has 0 saturated heterocycles. The number of pyridine rings is 1. The van der Waals surface area contributed by atoms with Crippen LogP contribution in [0.15, 0.2) is 18.3 Å². The predicted octanol–water partition coefficient (Wildman–Crippen LogP) is 1.76. The van der Waals surface area contributed by atoms with E-state index in [1.165, 1.54) is 0 Å². The molecule has 0 saturated carbocycles. The smallest absolute Gasteiger partial charge is 0.126 e. The van der Waals surface area contributed by atoms with E-state index in [1.807, 2.05) is 26.0 Å². The van der Waals surface area contributed by atoms with Crippen LogP contribution in [0, 0.1) is 0 Å². The lowest BCUT2D eigenvalue weighted by Gasteiger charge is -2.25. The van der Waals surface area contributed by atoms with Gasteiger partial charge in [-0.05, 0) is 24.5 Å². The first kappa shape index (κ1) is 11.0. The van der Waals surface area contributed by atoms with Crippen LogP contribution < -0.4 is 5.73 Å². The molecule has 1 heterocycles. The fourth-order valence-electron chi connectivity index (χ4n) is 1.45. The van der Waals surface area contributed by atoms with Gasteiger partial charge in [-0.2, -0.15) is 0 Å². The Morgan fingerprint density at radius 3 is 2.57 bits per heavy atom. The van der Waals surface area contributed by atoms with Gasteiger partial charge in [0.05, 0.1) is 5.60 Å². The number of hydrogen-bond acceptors (Lipinski definition) is 3. The first-order valence-corrected chi connectivity index (χ1v) is 5.03. The molecule has 1 rings (SSSR count). The molecule has 0 aliphatic carbocycles. The van der Waals surface area contributed by atoms with Crippen molar-refractivity contribution in [2.24, 2.45) is 0 Å². The molecule has 1 aromatic rings. The van der Waals surface area contributed by atoms with Crippen molar-refractivity contribution in [1.82, 2.24) is 4.98 Å². The number of nitrogens with zero attached hydrogens (tertiary/aromatic N) is 1. The van der Waals surface area contributed by atoms with E-state index >= 15 is 0 Å². The van der Waals surface area contributed by atoms with E-state index in [1.54, 1.807) is 6.20 Å². The lowest BCUT2D eigenvalue weighted by molar-refractivity contribution is 0.0327. The molecule has 0 unspecified atom stereocenters. The zero-order valence-corrected chi connectivity index (χ0v) is 8.83. The Bertz CT molecular complexity index is 295. The molecule has 0 atom stereocenters. The summed E-state index contributed by atoms with van der Waals surface area (Å²) in [6.07, 6.45) is 3.71. The van der Waals surface area contributed by atoms with Crippen molar-refractivity contribution < 1.29 is 5.11 Å². The first-order valence-electron chi connectivity index (χ1n) is 5.03. The summed E-state index contributed by atoms with van der Waals surface area (Å²) in [5.41, 5.74) is 6.00. The molecule has 78 valence electrons. The van der Waals surface area contributed by atoms with Crippen LogP contribution in [0.2, 0.25) is 0 Å². The molecule has 1 aromatic heterocycles. The third-order valence-corrected chi connectivity index (χ3v) is 2.76. The van der Waals surface area contributed by atoms with Gasteiger partial charge in [0.25, 0.3) is 0 Å². The van der Waals surface area contributed by atoms with E-state index in [2.05, 4.69) is 4.98 Å². The third kappa shape index (κ3) is 2.45. The maximum Gasteiger partial charge on any atom is 0.126 e. The SMILES string of the molecule is CCC(O)(CC)Cc1cccnc1N. The normalized spacial score (nSPS) is 11.6. The Morgan fingerprint density at radius 1 is 1.43 bits per heavy atom. The zero-order chi connectivity index (χ0) is 10.6. The molecular formula is C11H18N2O. The van der Waals surface area contributed by atoms with Crippen molar-refractivity contribution in [3.8, 4) is 0 Å². The van der Waals surface area contributed by atoms with Gasteiger partial charge in [-0.3, -0.25) is 0 Å². The van der Waals surface area contributed by atoms with E-state index in [9.17, 15) is 5.11 Å². The number of aliphatic hydroxyl groups is 1. The van der Waals surface area contributed by atoms with Crippen molar-refractivity contribution >= 4 is 5.82 Å². The summed E-state index contributed by atoms with van der Waals surface area (Å²) in [5.74, 6) is 0.521. The molecule has 0 aliphatic heterocycles. The van der Waals surface area contributed by atoms with Crippen molar-refractivity contribution in [1.29, 1.82) is 0 Å². The lowest BCUT2D eigenvalue weighted by Crippen LogP contribution is -2.29. The van der Waals surface area contributed by atoms with Crippen molar-refractivity contribution in [2.75, 3.05) is 5.73 Å². The van der Waals surface area contributed by atoms with Gasteiger partial charge in [0.15, 0.2) is 0 Å². The molecule has 0 radical (unpaired) electrons. The molecule has 0 aliphatic rings. The Labute approximate surface area is 85.0 Å². The van der Waals surface area contributed by atoms with E-state index in [-0.39, 0.29) is 0 Å². The molecule has 0 aromatic carbocycles. The van der Waals surface area contributed by atoms with E-state index in [0.717, 1.165) is 18.4 Å². The average Bonchev–Trinajstić information content (AvgIpc) is 2.21. The summed E-state index contributed by atoms with van der Waals surface area (Å²) in [5, 5.41) is 10.1. The fourth-order valence-corrected chi connectivity index (χ4v) is 1.45. The van der Waals surface area contributed by atoms with Gasteiger partial charge in [-0.15, -0.1) is 0 Å². The van der Waals surface area contributed by atoms with E-state index in [4.69, 9.17) is 5.73 Å². The number of aromatic nitrogens is 1. The maximum atomic E-state index is 10.1. The molecule has 0 fully saturated rings. The molecule has 3 nitrogen and oxygen atoms in total. The third-order valence-electron chi connectivity index (χ3n) is 2.76. The number of rotatable bonds is 4. The second kappa shape index (κ2) is 4.42. The minimum Gasteiger partial charge on any atom is -0.390 e. The summed E-state index contributed by atoms with van der Waals surface area (Å²) in [7, 11) is 0. The van der Waals surface area contributed by atoms with Crippen LogP contribution in [0.4, 0.5) is 5.82 Å². The van der Waals surface area contributed by atoms with E-state index in [0.29, 0.717) is 12.2 Å². The molecule has 0 spiro atoms. The van der Waals surface area contributed by atoms with Crippen LogP contribution in [0.25, 0.3) is 0 Å². The highest BCUT2D eigenvalue weighted by Gasteiger charge is 2.23. The topological polar surface area (TPSA) is 59.1 Å². The maximum absolute atomic E-state index is 10.1. The van der Waals surface area contributed by atoms with Gasteiger partial charge < -0.3 is 10.8 Å². The van der Waals surface area contributed by atoms with Gasteiger partial charge in [0, 0.05) is 12.6 Å². The highest BCUT2D eigenvalue weighted by Crippen LogP contribution is 2.22. The van der Waals surface area contributed by atoms with E-state index < -0.39 is 5.60 Å². The second-order valence-electron chi connectivity index (χ2n) is 3.66. The second-order valence-corrected chi connectivity index (χ2v) is 3.66. The van der Waals surface area contributed by atoms with Crippen molar-refractivity contribution in [2.45, 2.75) is 38.7 Å². The van der Waals surface area contributed by atoms with Gasteiger partial charge >= 0.3 is 0 Å². The summed E-state index contributed by atoms with van der Waals surface area (Å²) >= 11 is 0. The Kier molecular flexibility index (Phi) is 3.47. The van der Waals surface area contributed by atoms with Gasteiger partial charge in [-0.1, -0.05) is 19.9 Å². The molecule has 3 heteroatoms. The van der Waals surface area contributed by atoms with Gasteiger partial charge in [-0.25, -0.2) is 4.98 Å². The molecule has 0 amide bonds. The Balaban J connectivity index is 2.82. The largest absolute Gasteiger partial charge is 0.390 e. The molecule has 0 bridgehead atoms. The summed E-state index contributed by atoms with van der Waals surface area (Å²) in [4.78, 5) is 4.00. The molecular weight excluding hydrogens is 176 g/mol. The minimum absolute atomic E-state index is 0.521. The number of hydrogen-bond donors (Lipinski definition) is 2. The van der Waals surface area contributed by atoms with Crippen LogP contribution in [-0.2, 0) is 6.42 Å².